The highest BCUT2D eigenvalue weighted by Gasteiger charge is 2.16. The summed E-state index contributed by atoms with van der Waals surface area (Å²) in [7, 11) is 0. The van der Waals surface area contributed by atoms with Crippen LogP contribution >= 0.6 is 11.3 Å². The predicted octanol–water partition coefficient (Wildman–Crippen LogP) is 11.5. The van der Waals surface area contributed by atoms with E-state index >= 15 is 0 Å². The minimum Gasteiger partial charge on any atom is -0.310 e. The summed E-state index contributed by atoms with van der Waals surface area (Å²) in [5.74, 6) is 0. The first-order valence-electron chi connectivity index (χ1n) is 13.6. The summed E-state index contributed by atoms with van der Waals surface area (Å²) in [5, 5.41) is 7.71. The van der Waals surface area contributed by atoms with Crippen LogP contribution in [0.2, 0.25) is 0 Å². The molecule has 0 fully saturated rings. The zero-order valence-corrected chi connectivity index (χ0v) is 22.6. The maximum Gasteiger partial charge on any atom is 0.0468 e. The van der Waals surface area contributed by atoms with Crippen LogP contribution in [0.4, 0.5) is 17.1 Å². The molecule has 8 aromatic rings. The molecule has 188 valence electrons. The van der Waals surface area contributed by atoms with Gasteiger partial charge >= 0.3 is 0 Å². The molecule has 8 rings (SSSR count). The quantitative estimate of drug-likeness (QED) is 0.220. The Kier molecular flexibility index (Phi) is 5.39. The minimum atomic E-state index is 1.14. The molecule has 0 atom stereocenters. The highest BCUT2D eigenvalue weighted by molar-refractivity contribution is 7.26. The lowest BCUT2D eigenvalue weighted by Gasteiger charge is -2.26. The summed E-state index contributed by atoms with van der Waals surface area (Å²) in [6, 6.07) is 55.0. The van der Waals surface area contributed by atoms with Gasteiger partial charge in [0.1, 0.15) is 0 Å². The molecule has 1 aromatic heterocycles. The topological polar surface area (TPSA) is 3.24 Å². The first-order valence-corrected chi connectivity index (χ1v) is 14.4. The van der Waals surface area contributed by atoms with Crippen molar-refractivity contribution in [2.45, 2.75) is 0 Å². The number of fused-ring (bicyclic) bond motifs is 6. The van der Waals surface area contributed by atoms with Crippen LogP contribution in [-0.2, 0) is 0 Å². The van der Waals surface area contributed by atoms with Crippen LogP contribution < -0.4 is 4.90 Å². The minimum absolute atomic E-state index is 1.14. The third kappa shape index (κ3) is 3.85. The van der Waals surface area contributed by atoms with Crippen molar-refractivity contribution in [2.75, 3.05) is 4.90 Å². The van der Waals surface area contributed by atoms with E-state index in [2.05, 4.69) is 157 Å². The van der Waals surface area contributed by atoms with Crippen molar-refractivity contribution in [2.24, 2.45) is 0 Å². The average molecular weight is 528 g/mol. The molecule has 0 unspecified atom stereocenters. The molecular formula is C38H25NS. The van der Waals surface area contributed by atoms with Crippen LogP contribution in [0.5, 0.6) is 0 Å². The summed E-state index contributed by atoms with van der Waals surface area (Å²) in [4.78, 5) is 2.38. The van der Waals surface area contributed by atoms with E-state index in [0.29, 0.717) is 0 Å². The maximum absolute atomic E-state index is 2.38. The number of hydrogen-bond acceptors (Lipinski definition) is 2. The molecule has 0 aliphatic carbocycles. The van der Waals surface area contributed by atoms with Crippen molar-refractivity contribution >= 4 is 70.1 Å². The van der Waals surface area contributed by atoms with Crippen LogP contribution in [0.1, 0.15) is 0 Å². The Labute approximate surface area is 237 Å². The number of thiophene rings is 1. The molecule has 0 bridgehead atoms. The highest BCUT2D eigenvalue weighted by Crippen LogP contribution is 2.42. The number of benzene rings is 7. The zero-order chi connectivity index (χ0) is 26.5. The van der Waals surface area contributed by atoms with Gasteiger partial charge in [-0.15, -0.1) is 11.3 Å². The second-order valence-corrected chi connectivity index (χ2v) is 11.3. The monoisotopic (exact) mass is 527 g/mol. The van der Waals surface area contributed by atoms with Crippen LogP contribution in [0.15, 0.2) is 152 Å². The van der Waals surface area contributed by atoms with E-state index in [1.807, 2.05) is 11.3 Å². The molecule has 0 aliphatic rings. The Hall–Kier alpha value is -4.92. The van der Waals surface area contributed by atoms with Gasteiger partial charge in [0.05, 0.1) is 0 Å². The van der Waals surface area contributed by atoms with Gasteiger partial charge in [0.2, 0.25) is 0 Å². The number of anilines is 3. The molecule has 0 saturated carbocycles. The summed E-state index contributed by atoms with van der Waals surface area (Å²) < 4.78 is 2.66. The van der Waals surface area contributed by atoms with Crippen molar-refractivity contribution in [3.8, 4) is 11.1 Å². The molecule has 0 amide bonds. The van der Waals surface area contributed by atoms with E-state index in [1.54, 1.807) is 0 Å². The fraction of sp³-hybridized carbons (Fsp3) is 0. The SMILES string of the molecule is c1ccc(-c2ccc(N(c3ccc4ccccc4c3)c3ccc4ccc5sc6ccccc6c5c4c3)cc2)cc1. The summed E-state index contributed by atoms with van der Waals surface area (Å²) in [5.41, 5.74) is 5.87. The van der Waals surface area contributed by atoms with Crippen LogP contribution in [0.25, 0.3) is 52.8 Å². The van der Waals surface area contributed by atoms with E-state index < -0.39 is 0 Å². The molecule has 2 heteroatoms. The van der Waals surface area contributed by atoms with E-state index in [1.165, 1.54) is 52.8 Å². The van der Waals surface area contributed by atoms with Crippen LogP contribution in [0, 0.1) is 0 Å². The Morgan fingerprint density at radius 2 is 1.00 bits per heavy atom. The van der Waals surface area contributed by atoms with Gasteiger partial charge in [0.25, 0.3) is 0 Å². The van der Waals surface area contributed by atoms with E-state index in [4.69, 9.17) is 0 Å². The van der Waals surface area contributed by atoms with Crippen molar-refractivity contribution in [1.82, 2.24) is 0 Å². The van der Waals surface area contributed by atoms with Gasteiger partial charge in [-0.1, -0.05) is 103 Å². The van der Waals surface area contributed by atoms with Crippen molar-refractivity contribution in [3.63, 3.8) is 0 Å². The summed E-state index contributed by atoms with van der Waals surface area (Å²) in [6.45, 7) is 0. The molecule has 0 saturated heterocycles. The van der Waals surface area contributed by atoms with Gasteiger partial charge in [0.15, 0.2) is 0 Å². The number of rotatable bonds is 4. The van der Waals surface area contributed by atoms with Gasteiger partial charge in [-0.2, -0.15) is 0 Å². The number of hydrogen-bond donors (Lipinski definition) is 0. The second-order valence-electron chi connectivity index (χ2n) is 10.2. The average Bonchev–Trinajstić information content (AvgIpc) is 3.41. The van der Waals surface area contributed by atoms with Gasteiger partial charge in [0, 0.05) is 37.2 Å². The lowest BCUT2D eigenvalue weighted by Crippen LogP contribution is -2.09. The zero-order valence-electron chi connectivity index (χ0n) is 21.8. The third-order valence-electron chi connectivity index (χ3n) is 7.83. The molecule has 7 aromatic carbocycles. The Balaban J connectivity index is 1.35. The van der Waals surface area contributed by atoms with Crippen molar-refractivity contribution in [3.05, 3.63) is 152 Å². The molecule has 40 heavy (non-hydrogen) atoms. The fourth-order valence-corrected chi connectivity index (χ4v) is 6.99. The Morgan fingerprint density at radius 1 is 0.375 bits per heavy atom. The summed E-state index contributed by atoms with van der Waals surface area (Å²) in [6.07, 6.45) is 0. The Morgan fingerprint density at radius 3 is 1.85 bits per heavy atom. The van der Waals surface area contributed by atoms with E-state index in [9.17, 15) is 0 Å². The number of nitrogens with zero attached hydrogens (tertiary/aromatic N) is 1. The standard InChI is InChI=1S/C38H25NS/c1-2-8-26(9-3-1)28-14-19-31(20-15-28)39(32-21-16-27-10-4-5-11-30(27)24-32)33-22-17-29-18-23-37-38(35(29)25-33)34-12-6-7-13-36(34)40-37/h1-25H. The van der Waals surface area contributed by atoms with Crippen LogP contribution in [-0.4, -0.2) is 0 Å². The summed E-state index contributed by atoms with van der Waals surface area (Å²) >= 11 is 1.87. The van der Waals surface area contributed by atoms with Gasteiger partial charge in [-0.25, -0.2) is 0 Å². The van der Waals surface area contributed by atoms with E-state index in [0.717, 1.165) is 17.1 Å². The normalized spacial score (nSPS) is 11.5. The largest absolute Gasteiger partial charge is 0.310 e. The molecule has 0 N–H and O–H groups in total. The molecule has 1 nitrogen and oxygen atoms in total. The molecule has 0 spiro atoms. The van der Waals surface area contributed by atoms with E-state index in [-0.39, 0.29) is 0 Å². The Bertz CT molecular complexity index is 2160. The first-order chi connectivity index (χ1) is 19.8. The van der Waals surface area contributed by atoms with Crippen molar-refractivity contribution in [1.29, 1.82) is 0 Å². The molecular weight excluding hydrogens is 502 g/mol. The smallest absolute Gasteiger partial charge is 0.0468 e. The van der Waals surface area contributed by atoms with Gasteiger partial charge in [-0.05, 0) is 81.2 Å². The lowest BCUT2D eigenvalue weighted by atomic mass is 10.0. The van der Waals surface area contributed by atoms with Gasteiger partial charge in [-0.3, -0.25) is 0 Å². The fourth-order valence-electron chi connectivity index (χ4n) is 5.87. The second kappa shape index (κ2) is 9.37. The van der Waals surface area contributed by atoms with Gasteiger partial charge < -0.3 is 4.90 Å². The first kappa shape index (κ1) is 23.0. The van der Waals surface area contributed by atoms with Crippen LogP contribution in [0.3, 0.4) is 0 Å². The molecule has 0 aliphatic heterocycles. The molecule has 1 heterocycles. The predicted molar refractivity (Wildman–Crippen MR) is 174 cm³/mol. The molecule has 0 radical (unpaired) electrons. The lowest BCUT2D eigenvalue weighted by molar-refractivity contribution is 1.29. The maximum atomic E-state index is 2.38. The highest BCUT2D eigenvalue weighted by atomic mass is 32.1. The third-order valence-corrected chi connectivity index (χ3v) is 8.96. The van der Waals surface area contributed by atoms with Crippen molar-refractivity contribution < 1.29 is 0 Å².